The molecule has 40 heavy (non-hydrogen) atoms. The fraction of sp³-hybridized carbons (Fsp3) is 0.367. The number of nitrogens with one attached hydrogen (secondary N) is 2. The summed E-state index contributed by atoms with van der Waals surface area (Å²) in [6.07, 6.45) is 3.19. The molecule has 0 saturated heterocycles. The van der Waals surface area contributed by atoms with Gasteiger partial charge in [0.1, 0.15) is 23.1 Å². The predicted molar refractivity (Wildman–Crippen MR) is 161 cm³/mol. The summed E-state index contributed by atoms with van der Waals surface area (Å²) < 4.78 is 5.48. The van der Waals surface area contributed by atoms with Crippen LogP contribution < -0.4 is 20.3 Å². The van der Waals surface area contributed by atoms with Crippen LogP contribution in [0.2, 0.25) is 0 Å². The molecule has 2 heterocycles. The number of likely N-dealkylation sites (N-methyl/N-ethyl adjacent to an activating group) is 2. The van der Waals surface area contributed by atoms with Crippen molar-refractivity contribution in [3.8, 4) is 5.75 Å². The predicted octanol–water partition coefficient (Wildman–Crippen LogP) is 5.03. The summed E-state index contributed by atoms with van der Waals surface area (Å²) in [5.41, 5.74) is 5.08. The number of fused-ring (bicyclic) bond motifs is 1. The number of methoxy groups -OCH3 is 1. The van der Waals surface area contributed by atoms with Crippen molar-refractivity contribution >= 4 is 40.1 Å². The van der Waals surface area contributed by atoms with Gasteiger partial charge in [0.25, 0.3) is 5.91 Å². The van der Waals surface area contributed by atoms with Crippen LogP contribution in [0.3, 0.4) is 0 Å². The van der Waals surface area contributed by atoms with Gasteiger partial charge in [-0.3, -0.25) is 4.79 Å². The summed E-state index contributed by atoms with van der Waals surface area (Å²) in [5, 5.41) is 6.41. The number of nitrogens with zero attached hydrogens (tertiary/aromatic N) is 6. The smallest absolute Gasteiger partial charge is 0.259 e. The average molecular weight is 543 g/mol. The van der Waals surface area contributed by atoms with Crippen LogP contribution in [0.4, 0.5) is 23.1 Å². The van der Waals surface area contributed by atoms with Gasteiger partial charge in [-0.25, -0.2) is 19.9 Å². The number of ether oxygens (including phenoxy) is 1. The third-order valence-electron chi connectivity index (χ3n) is 6.65. The van der Waals surface area contributed by atoms with Crippen LogP contribution in [-0.4, -0.2) is 72.1 Å². The maximum absolute atomic E-state index is 13.3. The first-order valence-electron chi connectivity index (χ1n) is 13.2. The lowest BCUT2D eigenvalue weighted by atomic mass is 9.86. The normalized spacial score (nSPS) is 11.5. The molecule has 0 bridgehead atoms. The summed E-state index contributed by atoms with van der Waals surface area (Å²) in [6.45, 7) is 9.98. The van der Waals surface area contributed by atoms with Crippen molar-refractivity contribution in [3.63, 3.8) is 0 Å². The molecule has 0 aliphatic carbocycles. The van der Waals surface area contributed by atoms with E-state index in [-0.39, 0.29) is 11.3 Å². The molecule has 0 saturated carbocycles. The molecule has 0 aliphatic heterocycles. The molecule has 10 heteroatoms. The molecule has 1 amide bonds. The van der Waals surface area contributed by atoms with Crippen molar-refractivity contribution in [3.05, 3.63) is 65.6 Å². The number of hydrogen-bond acceptors (Lipinski definition) is 9. The standard InChI is InChI=1S/C30H38N8O2/c1-19-9-11-21(34-28(39)22-15-20(30(2,3)4)10-12-25(22)40-8)16-23(19)35-27-26-24(32-18-33-27)17-31-29(36-26)38(7)14-13-37(5)6/h9-12,15-18H,13-14H2,1-8H3,(H,34,39)(H,32,33,35). The van der Waals surface area contributed by atoms with E-state index in [1.54, 1.807) is 13.3 Å². The van der Waals surface area contributed by atoms with Crippen LogP contribution in [0, 0.1) is 6.92 Å². The zero-order valence-electron chi connectivity index (χ0n) is 24.5. The van der Waals surface area contributed by atoms with Gasteiger partial charge < -0.3 is 25.2 Å². The lowest BCUT2D eigenvalue weighted by Gasteiger charge is -2.21. The van der Waals surface area contributed by atoms with Gasteiger partial charge in [0.2, 0.25) is 5.95 Å². The first-order valence-corrected chi connectivity index (χ1v) is 13.2. The lowest BCUT2D eigenvalue weighted by Crippen LogP contribution is -2.29. The van der Waals surface area contributed by atoms with E-state index in [0.717, 1.165) is 29.9 Å². The second-order valence-electron chi connectivity index (χ2n) is 11.1. The number of carbonyl (C=O) groups is 1. The number of carbonyl (C=O) groups excluding carboxylic acids is 1. The van der Waals surface area contributed by atoms with Gasteiger partial charge in [0.15, 0.2) is 5.82 Å². The van der Waals surface area contributed by atoms with Crippen molar-refractivity contribution < 1.29 is 9.53 Å². The first kappa shape index (κ1) is 28.7. The van der Waals surface area contributed by atoms with Gasteiger partial charge in [0, 0.05) is 31.5 Å². The molecule has 0 spiro atoms. The van der Waals surface area contributed by atoms with Crippen LogP contribution in [-0.2, 0) is 5.41 Å². The molecule has 0 unspecified atom stereocenters. The highest BCUT2D eigenvalue weighted by molar-refractivity contribution is 6.06. The second-order valence-corrected chi connectivity index (χ2v) is 11.1. The van der Waals surface area contributed by atoms with Crippen LogP contribution in [0.25, 0.3) is 11.0 Å². The SMILES string of the molecule is COc1ccc(C(C)(C)C)cc1C(=O)Nc1ccc(C)c(Nc2ncnc3cnc(N(C)CCN(C)C)nc23)c1. The Balaban J connectivity index is 1.61. The highest BCUT2D eigenvalue weighted by Gasteiger charge is 2.20. The summed E-state index contributed by atoms with van der Waals surface area (Å²) in [4.78, 5) is 35.5. The second kappa shape index (κ2) is 11.8. The fourth-order valence-corrected chi connectivity index (χ4v) is 4.08. The topological polar surface area (TPSA) is 108 Å². The van der Waals surface area contributed by atoms with E-state index in [9.17, 15) is 4.79 Å². The van der Waals surface area contributed by atoms with E-state index in [2.05, 4.69) is 51.3 Å². The van der Waals surface area contributed by atoms with E-state index < -0.39 is 0 Å². The summed E-state index contributed by atoms with van der Waals surface area (Å²) >= 11 is 0. The first-order chi connectivity index (χ1) is 19.0. The number of amides is 1. The number of aromatic nitrogens is 4. The fourth-order valence-electron chi connectivity index (χ4n) is 4.08. The number of hydrogen-bond donors (Lipinski definition) is 2. The Labute approximate surface area is 235 Å². The minimum atomic E-state index is -0.247. The van der Waals surface area contributed by atoms with Crippen LogP contribution >= 0.6 is 0 Å². The minimum absolute atomic E-state index is 0.104. The van der Waals surface area contributed by atoms with Crippen LogP contribution in [0.1, 0.15) is 42.3 Å². The Kier molecular flexibility index (Phi) is 8.49. The Morgan fingerprint density at radius 3 is 2.48 bits per heavy atom. The lowest BCUT2D eigenvalue weighted by molar-refractivity contribution is 0.102. The molecule has 0 radical (unpaired) electrons. The molecule has 2 aromatic heterocycles. The van der Waals surface area contributed by atoms with Crippen LogP contribution in [0.5, 0.6) is 5.75 Å². The quantitative estimate of drug-likeness (QED) is 0.301. The number of benzene rings is 2. The molecule has 2 N–H and O–H groups in total. The highest BCUT2D eigenvalue weighted by atomic mass is 16.5. The van der Waals surface area contributed by atoms with Gasteiger partial charge in [-0.2, -0.15) is 0 Å². The van der Waals surface area contributed by atoms with Crippen molar-refractivity contribution in [1.82, 2.24) is 24.8 Å². The highest BCUT2D eigenvalue weighted by Crippen LogP contribution is 2.30. The summed E-state index contributed by atoms with van der Waals surface area (Å²) in [7, 11) is 7.59. The third-order valence-corrected chi connectivity index (χ3v) is 6.65. The molecule has 10 nitrogen and oxygen atoms in total. The third kappa shape index (κ3) is 6.63. The Bertz CT molecular complexity index is 1510. The average Bonchev–Trinajstić information content (AvgIpc) is 2.92. The molecule has 4 aromatic rings. The summed E-state index contributed by atoms with van der Waals surface area (Å²) in [5.74, 6) is 1.43. The zero-order chi connectivity index (χ0) is 29.0. The van der Waals surface area contributed by atoms with E-state index in [4.69, 9.17) is 9.72 Å². The maximum atomic E-state index is 13.3. The van der Waals surface area contributed by atoms with Crippen molar-refractivity contribution in [1.29, 1.82) is 0 Å². The van der Waals surface area contributed by atoms with Crippen molar-refractivity contribution in [2.75, 3.05) is 56.9 Å². The molecule has 0 aliphatic rings. The van der Waals surface area contributed by atoms with Crippen molar-refractivity contribution in [2.45, 2.75) is 33.1 Å². The molecule has 0 fully saturated rings. The molecular formula is C30H38N8O2. The largest absolute Gasteiger partial charge is 0.496 e. The molecule has 210 valence electrons. The van der Waals surface area contributed by atoms with Gasteiger partial charge in [-0.05, 0) is 61.8 Å². The molecule has 0 atom stereocenters. The van der Waals surface area contributed by atoms with Gasteiger partial charge in [-0.1, -0.05) is 32.9 Å². The van der Waals surface area contributed by atoms with E-state index in [1.165, 1.54) is 6.33 Å². The number of aryl methyl sites for hydroxylation is 1. The Morgan fingerprint density at radius 1 is 1.00 bits per heavy atom. The number of rotatable bonds is 9. The minimum Gasteiger partial charge on any atom is -0.496 e. The van der Waals surface area contributed by atoms with Gasteiger partial charge in [0.05, 0.1) is 18.9 Å². The summed E-state index contributed by atoms with van der Waals surface area (Å²) in [6, 6.07) is 11.4. The van der Waals surface area contributed by atoms with Crippen molar-refractivity contribution in [2.24, 2.45) is 0 Å². The molecule has 4 rings (SSSR count). The molecular weight excluding hydrogens is 504 g/mol. The maximum Gasteiger partial charge on any atom is 0.259 e. The Hall–Kier alpha value is -4.31. The molecule has 2 aromatic carbocycles. The number of anilines is 4. The van der Waals surface area contributed by atoms with E-state index >= 15 is 0 Å². The zero-order valence-corrected chi connectivity index (χ0v) is 24.5. The monoisotopic (exact) mass is 542 g/mol. The Morgan fingerprint density at radius 2 is 1.77 bits per heavy atom. The van der Waals surface area contributed by atoms with Gasteiger partial charge >= 0.3 is 0 Å². The van der Waals surface area contributed by atoms with E-state index in [1.807, 2.05) is 69.4 Å². The van der Waals surface area contributed by atoms with Gasteiger partial charge in [-0.15, -0.1) is 0 Å². The van der Waals surface area contributed by atoms with E-state index in [0.29, 0.717) is 39.8 Å². The van der Waals surface area contributed by atoms with Crippen LogP contribution in [0.15, 0.2) is 48.9 Å².